The van der Waals surface area contributed by atoms with Crippen LogP contribution in [0.4, 0.5) is 0 Å². The zero-order valence-corrected chi connectivity index (χ0v) is 14.9. The van der Waals surface area contributed by atoms with Crippen LogP contribution < -0.4 is 5.32 Å². The summed E-state index contributed by atoms with van der Waals surface area (Å²) in [5, 5.41) is 3.23. The molecule has 1 unspecified atom stereocenters. The van der Waals surface area contributed by atoms with Crippen LogP contribution in [0.5, 0.6) is 0 Å². The third kappa shape index (κ3) is 5.04. The predicted molar refractivity (Wildman–Crippen MR) is 94.6 cm³/mol. The molecule has 1 atom stereocenters. The molecule has 0 radical (unpaired) electrons. The zero-order valence-electron chi connectivity index (χ0n) is 14.9. The largest absolute Gasteiger partial charge is 0.339 e. The Morgan fingerprint density at radius 1 is 1.12 bits per heavy atom. The predicted octanol–water partition coefficient (Wildman–Crippen LogP) is 0.570. The van der Waals surface area contributed by atoms with E-state index in [-0.39, 0.29) is 30.9 Å². The minimum absolute atomic E-state index is 0.0102. The van der Waals surface area contributed by atoms with E-state index in [2.05, 4.69) is 5.32 Å². The Morgan fingerprint density at radius 3 is 2.38 bits per heavy atom. The second-order valence-electron chi connectivity index (χ2n) is 6.39. The van der Waals surface area contributed by atoms with Gasteiger partial charge in [-0.25, -0.2) is 0 Å². The van der Waals surface area contributed by atoms with E-state index in [4.69, 9.17) is 0 Å². The van der Waals surface area contributed by atoms with Gasteiger partial charge in [-0.3, -0.25) is 14.5 Å². The Kier molecular flexibility index (Phi) is 6.75. The lowest BCUT2D eigenvalue weighted by molar-refractivity contribution is -0.135. The second-order valence-corrected chi connectivity index (χ2v) is 6.39. The molecule has 1 saturated heterocycles. The molecule has 1 N–H and O–H groups in total. The van der Waals surface area contributed by atoms with E-state index < -0.39 is 0 Å². The van der Waals surface area contributed by atoms with Gasteiger partial charge in [0.15, 0.2) is 0 Å². The van der Waals surface area contributed by atoms with E-state index in [1.807, 2.05) is 56.3 Å². The van der Waals surface area contributed by atoms with Crippen LogP contribution in [0, 0.1) is 0 Å². The smallest absolute Gasteiger partial charge is 0.236 e. The first kappa shape index (κ1) is 18.4. The van der Waals surface area contributed by atoms with Crippen molar-refractivity contribution in [1.82, 2.24) is 20.0 Å². The summed E-state index contributed by atoms with van der Waals surface area (Å²) in [6.07, 6.45) is 0. The van der Waals surface area contributed by atoms with Crippen LogP contribution in [-0.2, 0) is 9.59 Å². The van der Waals surface area contributed by atoms with Gasteiger partial charge in [0.2, 0.25) is 11.8 Å². The van der Waals surface area contributed by atoms with Crippen LogP contribution in [0.3, 0.4) is 0 Å². The highest BCUT2D eigenvalue weighted by molar-refractivity contribution is 5.81. The quantitative estimate of drug-likeness (QED) is 0.827. The highest BCUT2D eigenvalue weighted by Gasteiger charge is 2.21. The molecule has 2 amide bonds. The van der Waals surface area contributed by atoms with Crippen molar-refractivity contribution in [2.75, 3.05) is 53.4 Å². The maximum atomic E-state index is 12.5. The number of hydrogen-bond acceptors (Lipinski definition) is 4. The minimum atomic E-state index is 0.0102. The summed E-state index contributed by atoms with van der Waals surface area (Å²) in [6.45, 7) is 5.69. The SMILES string of the molecule is CC(c1ccccc1)N(C)C(=O)CN(C)CC(=O)N1CCNCC1. The molecule has 0 bridgehead atoms. The summed E-state index contributed by atoms with van der Waals surface area (Å²) in [5.41, 5.74) is 1.10. The molecule has 6 nitrogen and oxygen atoms in total. The van der Waals surface area contributed by atoms with Gasteiger partial charge in [-0.1, -0.05) is 30.3 Å². The number of hydrogen-bond donors (Lipinski definition) is 1. The molecule has 1 aliphatic rings. The average Bonchev–Trinajstić information content (AvgIpc) is 2.61. The fraction of sp³-hybridized carbons (Fsp3) is 0.556. The first-order valence-electron chi connectivity index (χ1n) is 8.46. The summed E-state index contributed by atoms with van der Waals surface area (Å²) in [7, 11) is 3.63. The Morgan fingerprint density at radius 2 is 1.75 bits per heavy atom. The molecule has 132 valence electrons. The first-order chi connectivity index (χ1) is 11.5. The summed E-state index contributed by atoms with van der Waals surface area (Å²) >= 11 is 0. The number of carbonyl (C=O) groups excluding carboxylic acids is 2. The van der Waals surface area contributed by atoms with Crippen LogP contribution in [0.2, 0.25) is 0 Å². The molecule has 1 heterocycles. The third-order valence-electron chi connectivity index (χ3n) is 4.54. The fourth-order valence-corrected chi connectivity index (χ4v) is 2.81. The lowest BCUT2D eigenvalue weighted by Crippen LogP contribution is -2.50. The maximum absolute atomic E-state index is 12.5. The van der Waals surface area contributed by atoms with Crippen LogP contribution in [0.1, 0.15) is 18.5 Å². The first-order valence-corrected chi connectivity index (χ1v) is 8.46. The van der Waals surface area contributed by atoms with E-state index in [1.165, 1.54) is 0 Å². The van der Waals surface area contributed by atoms with E-state index in [1.54, 1.807) is 9.80 Å². The van der Waals surface area contributed by atoms with Crippen LogP contribution in [-0.4, -0.2) is 79.9 Å². The molecule has 1 aromatic rings. The van der Waals surface area contributed by atoms with Crippen molar-refractivity contribution in [2.45, 2.75) is 13.0 Å². The molecule has 2 rings (SSSR count). The summed E-state index contributed by atoms with van der Waals surface area (Å²) in [6, 6.07) is 9.97. The van der Waals surface area contributed by atoms with Gasteiger partial charge in [0, 0.05) is 33.2 Å². The molecule has 0 spiro atoms. The monoisotopic (exact) mass is 332 g/mol. The van der Waals surface area contributed by atoms with Gasteiger partial charge in [0.05, 0.1) is 19.1 Å². The van der Waals surface area contributed by atoms with Crippen molar-refractivity contribution in [1.29, 1.82) is 0 Å². The number of amides is 2. The third-order valence-corrected chi connectivity index (χ3v) is 4.54. The molecule has 0 aliphatic carbocycles. The van der Waals surface area contributed by atoms with Crippen molar-refractivity contribution in [3.05, 3.63) is 35.9 Å². The normalized spacial score (nSPS) is 16.1. The number of likely N-dealkylation sites (N-methyl/N-ethyl adjacent to an activating group) is 2. The number of rotatable bonds is 6. The lowest BCUT2D eigenvalue weighted by atomic mass is 10.1. The van der Waals surface area contributed by atoms with Gasteiger partial charge in [-0.2, -0.15) is 0 Å². The van der Waals surface area contributed by atoms with E-state index >= 15 is 0 Å². The van der Waals surface area contributed by atoms with Gasteiger partial charge in [0.25, 0.3) is 0 Å². The van der Waals surface area contributed by atoms with Crippen molar-refractivity contribution in [2.24, 2.45) is 0 Å². The highest BCUT2D eigenvalue weighted by atomic mass is 16.2. The molecule has 1 aromatic carbocycles. The second kappa shape index (κ2) is 8.80. The lowest BCUT2D eigenvalue weighted by Gasteiger charge is -2.30. The van der Waals surface area contributed by atoms with Gasteiger partial charge in [0.1, 0.15) is 0 Å². The average molecular weight is 332 g/mol. The fourth-order valence-electron chi connectivity index (χ4n) is 2.81. The van der Waals surface area contributed by atoms with Gasteiger partial charge < -0.3 is 15.1 Å². The molecular formula is C18H28N4O2. The highest BCUT2D eigenvalue weighted by Crippen LogP contribution is 2.18. The summed E-state index contributed by atoms with van der Waals surface area (Å²) in [5.74, 6) is 0.104. The number of nitrogens with one attached hydrogen (secondary N) is 1. The van der Waals surface area contributed by atoms with Gasteiger partial charge >= 0.3 is 0 Å². The van der Waals surface area contributed by atoms with Crippen molar-refractivity contribution in [3.8, 4) is 0 Å². The van der Waals surface area contributed by atoms with Crippen molar-refractivity contribution in [3.63, 3.8) is 0 Å². The Labute approximate surface area is 144 Å². The standard InChI is InChI=1S/C18H28N4O2/c1-15(16-7-5-4-6-8-16)21(3)17(23)13-20(2)14-18(24)22-11-9-19-10-12-22/h4-8,15,19H,9-14H2,1-3H3. The summed E-state index contributed by atoms with van der Waals surface area (Å²) in [4.78, 5) is 30.1. The van der Waals surface area contributed by atoms with Crippen LogP contribution >= 0.6 is 0 Å². The van der Waals surface area contributed by atoms with Crippen LogP contribution in [0.25, 0.3) is 0 Å². The topological polar surface area (TPSA) is 55.9 Å². The molecule has 24 heavy (non-hydrogen) atoms. The van der Waals surface area contributed by atoms with E-state index in [9.17, 15) is 9.59 Å². The maximum Gasteiger partial charge on any atom is 0.236 e. The summed E-state index contributed by atoms with van der Waals surface area (Å²) < 4.78 is 0. The molecule has 1 aliphatic heterocycles. The van der Waals surface area contributed by atoms with Crippen molar-refractivity contribution < 1.29 is 9.59 Å². The Hall–Kier alpha value is -1.92. The molecular weight excluding hydrogens is 304 g/mol. The number of piperazine rings is 1. The van der Waals surface area contributed by atoms with E-state index in [0.717, 1.165) is 31.7 Å². The number of nitrogens with zero attached hydrogens (tertiary/aromatic N) is 3. The Balaban J connectivity index is 1.83. The number of carbonyl (C=O) groups is 2. The van der Waals surface area contributed by atoms with Gasteiger partial charge in [-0.15, -0.1) is 0 Å². The van der Waals surface area contributed by atoms with Crippen LogP contribution in [0.15, 0.2) is 30.3 Å². The Bertz CT molecular complexity index is 543. The molecule has 6 heteroatoms. The van der Waals surface area contributed by atoms with Crippen molar-refractivity contribution >= 4 is 11.8 Å². The zero-order chi connectivity index (χ0) is 17.5. The molecule has 0 saturated carbocycles. The van der Waals surface area contributed by atoms with E-state index in [0.29, 0.717) is 0 Å². The number of benzene rings is 1. The van der Waals surface area contributed by atoms with Gasteiger partial charge in [-0.05, 0) is 19.5 Å². The minimum Gasteiger partial charge on any atom is -0.339 e. The molecule has 1 fully saturated rings. The molecule has 0 aromatic heterocycles.